The Kier molecular flexibility index (Phi) is 3.55. The monoisotopic (exact) mass is 262 g/mol. The highest BCUT2D eigenvalue weighted by atomic mass is 14.9. The molecule has 0 aliphatic rings. The first kappa shape index (κ1) is 12.5. The van der Waals surface area contributed by atoms with E-state index in [0.29, 0.717) is 0 Å². The van der Waals surface area contributed by atoms with Gasteiger partial charge in [0.1, 0.15) is 0 Å². The second-order valence-electron chi connectivity index (χ2n) is 4.83. The number of rotatable bonds is 4. The van der Waals surface area contributed by atoms with Crippen molar-refractivity contribution >= 4 is 22.1 Å². The van der Waals surface area contributed by atoms with Gasteiger partial charge in [-0.3, -0.25) is 0 Å². The zero-order valence-corrected chi connectivity index (χ0v) is 11.6. The van der Waals surface area contributed by atoms with Crippen molar-refractivity contribution in [1.82, 2.24) is 0 Å². The van der Waals surface area contributed by atoms with Crippen LogP contribution in [0.1, 0.15) is 5.56 Å². The van der Waals surface area contributed by atoms with Crippen molar-refractivity contribution in [3.8, 4) is 0 Å². The first-order chi connectivity index (χ1) is 9.86. The maximum atomic E-state index is 3.53. The number of hydrogen-bond acceptors (Lipinski definition) is 2. The summed E-state index contributed by atoms with van der Waals surface area (Å²) in [5.41, 5.74) is 3.59. The van der Waals surface area contributed by atoms with Crippen molar-refractivity contribution in [3.63, 3.8) is 0 Å². The van der Waals surface area contributed by atoms with Gasteiger partial charge in [-0.1, -0.05) is 48.5 Å². The Morgan fingerprint density at radius 2 is 1.65 bits per heavy atom. The van der Waals surface area contributed by atoms with Gasteiger partial charge in [0.2, 0.25) is 0 Å². The van der Waals surface area contributed by atoms with Crippen LogP contribution in [0.2, 0.25) is 0 Å². The van der Waals surface area contributed by atoms with Gasteiger partial charge < -0.3 is 10.6 Å². The van der Waals surface area contributed by atoms with Gasteiger partial charge in [-0.25, -0.2) is 0 Å². The minimum absolute atomic E-state index is 0.823. The Morgan fingerprint density at radius 3 is 2.55 bits per heavy atom. The quantitative estimate of drug-likeness (QED) is 0.723. The average molecular weight is 262 g/mol. The second kappa shape index (κ2) is 5.66. The van der Waals surface area contributed by atoms with Crippen LogP contribution in [0.4, 0.5) is 11.4 Å². The number of fused-ring (bicyclic) bond motifs is 1. The van der Waals surface area contributed by atoms with Crippen molar-refractivity contribution < 1.29 is 0 Å². The van der Waals surface area contributed by atoms with Crippen LogP contribution in [0.15, 0.2) is 66.7 Å². The lowest BCUT2D eigenvalue weighted by atomic mass is 10.1. The highest BCUT2D eigenvalue weighted by Crippen LogP contribution is 2.23. The molecule has 2 nitrogen and oxygen atoms in total. The van der Waals surface area contributed by atoms with Crippen LogP contribution in [0.25, 0.3) is 10.8 Å². The normalized spacial score (nSPS) is 10.4. The van der Waals surface area contributed by atoms with Crippen molar-refractivity contribution in [3.05, 3.63) is 72.3 Å². The summed E-state index contributed by atoms with van der Waals surface area (Å²) in [5.74, 6) is 0. The molecule has 0 unspecified atom stereocenters. The summed E-state index contributed by atoms with van der Waals surface area (Å²) >= 11 is 0. The Balaban J connectivity index is 1.83. The smallest absolute Gasteiger partial charge is 0.0422 e. The first-order valence-electron chi connectivity index (χ1n) is 6.85. The van der Waals surface area contributed by atoms with Crippen LogP contribution in [0.3, 0.4) is 0 Å². The Morgan fingerprint density at radius 1 is 0.850 bits per heavy atom. The Bertz CT molecular complexity index is 714. The maximum Gasteiger partial charge on any atom is 0.0422 e. The van der Waals surface area contributed by atoms with Crippen molar-refractivity contribution in [2.45, 2.75) is 6.54 Å². The average Bonchev–Trinajstić information content (AvgIpc) is 2.53. The molecule has 0 radical (unpaired) electrons. The summed E-state index contributed by atoms with van der Waals surface area (Å²) in [6.45, 7) is 0.823. The number of benzene rings is 3. The van der Waals surface area contributed by atoms with Crippen molar-refractivity contribution in [1.29, 1.82) is 0 Å². The van der Waals surface area contributed by atoms with E-state index in [9.17, 15) is 0 Å². The molecule has 0 saturated carbocycles. The summed E-state index contributed by atoms with van der Waals surface area (Å²) in [7, 11) is 1.94. The summed E-state index contributed by atoms with van der Waals surface area (Å²) < 4.78 is 0. The Hall–Kier alpha value is -2.48. The van der Waals surface area contributed by atoms with E-state index < -0.39 is 0 Å². The van der Waals surface area contributed by atoms with Gasteiger partial charge in [-0.15, -0.1) is 0 Å². The molecule has 0 bridgehead atoms. The van der Waals surface area contributed by atoms with Crippen LogP contribution in [0, 0.1) is 0 Å². The van der Waals surface area contributed by atoms with E-state index in [1.165, 1.54) is 22.0 Å². The molecule has 0 aliphatic carbocycles. The van der Waals surface area contributed by atoms with Crippen LogP contribution in [-0.2, 0) is 6.54 Å². The van der Waals surface area contributed by atoms with E-state index in [1.54, 1.807) is 0 Å². The first-order valence-corrected chi connectivity index (χ1v) is 6.85. The molecule has 2 N–H and O–H groups in total. The van der Waals surface area contributed by atoms with Gasteiger partial charge in [0.15, 0.2) is 0 Å². The second-order valence-corrected chi connectivity index (χ2v) is 4.83. The molecular weight excluding hydrogens is 244 g/mol. The van der Waals surface area contributed by atoms with Crippen LogP contribution in [0.5, 0.6) is 0 Å². The van der Waals surface area contributed by atoms with E-state index >= 15 is 0 Å². The molecule has 100 valence electrons. The number of hydrogen-bond donors (Lipinski definition) is 2. The SMILES string of the molecule is CNc1cccc(CNc2cccc3ccccc23)c1. The van der Waals surface area contributed by atoms with Crippen LogP contribution in [-0.4, -0.2) is 7.05 Å². The third-order valence-corrected chi connectivity index (χ3v) is 3.49. The largest absolute Gasteiger partial charge is 0.388 e. The summed E-state index contributed by atoms with van der Waals surface area (Å²) in [4.78, 5) is 0. The minimum atomic E-state index is 0.823. The molecule has 3 aromatic carbocycles. The highest BCUT2D eigenvalue weighted by Gasteiger charge is 2.00. The molecule has 20 heavy (non-hydrogen) atoms. The third-order valence-electron chi connectivity index (χ3n) is 3.49. The van der Waals surface area contributed by atoms with E-state index in [0.717, 1.165) is 12.2 Å². The van der Waals surface area contributed by atoms with Gasteiger partial charge in [0, 0.05) is 30.4 Å². The van der Waals surface area contributed by atoms with E-state index in [2.05, 4.69) is 77.4 Å². The van der Waals surface area contributed by atoms with E-state index in [4.69, 9.17) is 0 Å². The van der Waals surface area contributed by atoms with Gasteiger partial charge in [0.25, 0.3) is 0 Å². The van der Waals surface area contributed by atoms with Gasteiger partial charge in [-0.05, 0) is 29.1 Å². The molecule has 2 heteroatoms. The van der Waals surface area contributed by atoms with Crippen molar-refractivity contribution in [2.75, 3.05) is 17.7 Å². The molecule has 0 amide bonds. The van der Waals surface area contributed by atoms with Crippen molar-refractivity contribution in [2.24, 2.45) is 0 Å². The molecule has 0 saturated heterocycles. The molecule has 0 atom stereocenters. The molecule has 0 heterocycles. The zero-order valence-electron chi connectivity index (χ0n) is 11.6. The number of nitrogens with one attached hydrogen (secondary N) is 2. The fourth-order valence-electron chi connectivity index (χ4n) is 2.41. The molecule has 3 aromatic rings. The fraction of sp³-hybridized carbons (Fsp3) is 0.111. The van der Waals surface area contributed by atoms with E-state index in [1.807, 2.05) is 7.05 Å². The van der Waals surface area contributed by atoms with Gasteiger partial charge in [0.05, 0.1) is 0 Å². The molecule has 3 rings (SSSR count). The third kappa shape index (κ3) is 2.59. The van der Waals surface area contributed by atoms with Crippen LogP contribution < -0.4 is 10.6 Å². The molecule has 0 spiro atoms. The van der Waals surface area contributed by atoms with Gasteiger partial charge >= 0.3 is 0 Å². The maximum absolute atomic E-state index is 3.53. The number of anilines is 2. The zero-order chi connectivity index (χ0) is 13.8. The molecular formula is C18H18N2. The fourth-order valence-corrected chi connectivity index (χ4v) is 2.41. The predicted octanol–water partition coefficient (Wildman–Crippen LogP) is 4.49. The lowest BCUT2D eigenvalue weighted by Crippen LogP contribution is -2.00. The topological polar surface area (TPSA) is 24.1 Å². The molecule has 0 aromatic heterocycles. The highest BCUT2D eigenvalue weighted by molar-refractivity contribution is 5.93. The minimum Gasteiger partial charge on any atom is -0.388 e. The van der Waals surface area contributed by atoms with Gasteiger partial charge in [-0.2, -0.15) is 0 Å². The summed E-state index contributed by atoms with van der Waals surface area (Å²) in [5, 5.41) is 9.22. The van der Waals surface area contributed by atoms with E-state index in [-0.39, 0.29) is 0 Å². The molecule has 0 aliphatic heterocycles. The lowest BCUT2D eigenvalue weighted by molar-refractivity contribution is 1.15. The summed E-state index contributed by atoms with van der Waals surface area (Å²) in [6, 6.07) is 23.3. The standard InChI is InChI=1S/C18H18N2/c1-19-16-9-4-6-14(12-16)13-20-18-11-5-8-15-7-2-3-10-17(15)18/h2-12,19-20H,13H2,1H3. The predicted molar refractivity (Wildman–Crippen MR) is 87.3 cm³/mol. The summed E-state index contributed by atoms with van der Waals surface area (Å²) in [6.07, 6.45) is 0. The molecule has 0 fully saturated rings. The lowest BCUT2D eigenvalue weighted by Gasteiger charge is -2.10. The Labute approximate surface area is 119 Å². The van der Waals surface area contributed by atoms with Crippen LogP contribution >= 0.6 is 0 Å².